The summed E-state index contributed by atoms with van der Waals surface area (Å²) in [5.41, 5.74) is 4.33. The molecule has 0 radical (unpaired) electrons. The van der Waals surface area contributed by atoms with Crippen molar-refractivity contribution in [2.75, 3.05) is 11.4 Å². The predicted molar refractivity (Wildman–Crippen MR) is 71.7 cm³/mol. The quantitative estimate of drug-likeness (QED) is 0.545. The summed E-state index contributed by atoms with van der Waals surface area (Å²) in [6, 6.07) is 1.98. The van der Waals surface area contributed by atoms with Crippen LogP contribution in [0.15, 0.2) is 17.3 Å². The molecule has 1 aliphatic heterocycles. The molecule has 1 aliphatic rings. The highest BCUT2D eigenvalue weighted by Gasteiger charge is 2.28. The summed E-state index contributed by atoms with van der Waals surface area (Å²) in [5, 5.41) is 10.2. The maximum absolute atomic E-state index is 10.2. The molecule has 4 N–H and O–H groups in total. The third-order valence-electron chi connectivity index (χ3n) is 2.96. The Kier molecular flexibility index (Phi) is 3.78. The van der Waals surface area contributed by atoms with Crippen molar-refractivity contribution in [1.29, 1.82) is 0 Å². The maximum atomic E-state index is 10.2. The number of aliphatic imine (C=N–C) groups is 1. The number of nitrogens with zero attached hydrogens (tertiary/aromatic N) is 3. The number of anilines is 1. The van der Waals surface area contributed by atoms with E-state index in [0.29, 0.717) is 11.7 Å². The summed E-state index contributed by atoms with van der Waals surface area (Å²) in [4.78, 5) is 10.4. The van der Waals surface area contributed by atoms with E-state index in [1.807, 2.05) is 17.9 Å². The van der Waals surface area contributed by atoms with Gasteiger partial charge in [0.15, 0.2) is 17.9 Å². The molecule has 0 amide bonds. The van der Waals surface area contributed by atoms with Gasteiger partial charge in [0, 0.05) is 12.7 Å². The Bertz CT molecular complexity index is 460. The van der Waals surface area contributed by atoms with E-state index in [0.717, 1.165) is 30.6 Å². The molecule has 1 unspecified atom stereocenters. The van der Waals surface area contributed by atoms with Gasteiger partial charge in [-0.25, -0.2) is 15.8 Å². The number of hydrogen-bond donors (Lipinski definition) is 3. The Labute approximate surface area is 107 Å². The minimum Gasteiger partial charge on any atom is -0.367 e. The molecule has 0 aromatic carbocycles. The average molecular weight is 249 g/mol. The first-order valence-corrected chi connectivity index (χ1v) is 6.14. The standard InChI is InChI=1S/C12H19N5O/c1-3-4-5-17-9-6-8(2)7-14-10(9)15-11(16-13)12(17)18/h6-7,12,18H,3-5,13H2,1-2H3,(H,14,15,16). The number of unbranched alkanes of at least 4 members (excludes halogenated alkanes) is 1. The monoisotopic (exact) mass is 249 g/mol. The molecule has 18 heavy (non-hydrogen) atoms. The Morgan fingerprint density at radius 3 is 3.00 bits per heavy atom. The lowest BCUT2D eigenvalue weighted by Gasteiger charge is -2.34. The fourth-order valence-electron chi connectivity index (χ4n) is 1.97. The normalized spacial score (nSPS) is 18.3. The van der Waals surface area contributed by atoms with Crippen LogP contribution in [-0.4, -0.2) is 28.7 Å². The lowest BCUT2D eigenvalue weighted by molar-refractivity contribution is 0.227. The first-order valence-electron chi connectivity index (χ1n) is 6.14. The molecule has 1 atom stereocenters. The van der Waals surface area contributed by atoms with E-state index >= 15 is 0 Å². The van der Waals surface area contributed by atoms with Crippen LogP contribution < -0.4 is 16.2 Å². The highest BCUT2D eigenvalue weighted by Crippen LogP contribution is 2.32. The number of fused-ring (bicyclic) bond motifs is 1. The molecule has 6 heteroatoms. The van der Waals surface area contributed by atoms with Gasteiger partial charge in [-0.2, -0.15) is 0 Å². The van der Waals surface area contributed by atoms with Gasteiger partial charge in [-0.3, -0.25) is 0 Å². The van der Waals surface area contributed by atoms with E-state index < -0.39 is 6.23 Å². The van der Waals surface area contributed by atoms with Gasteiger partial charge in [0.2, 0.25) is 0 Å². The number of pyridine rings is 1. The molecular formula is C12H19N5O. The number of rotatable bonds is 3. The van der Waals surface area contributed by atoms with E-state index in [2.05, 4.69) is 22.3 Å². The van der Waals surface area contributed by atoms with Crippen LogP contribution in [0.5, 0.6) is 0 Å². The lowest BCUT2D eigenvalue weighted by Crippen LogP contribution is -2.51. The van der Waals surface area contributed by atoms with E-state index in [-0.39, 0.29) is 0 Å². The second kappa shape index (κ2) is 5.32. The highest BCUT2D eigenvalue weighted by molar-refractivity contribution is 5.94. The summed E-state index contributed by atoms with van der Waals surface area (Å²) in [7, 11) is 0. The summed E-state index contributed by atoms with van der Waals surface area (Å²) >= 11 is 0. The van der Waals surface area contributed by atoms with Crippen LogP contribution in [0.3, 0.4) is 0 Å². The topological polar surface area (TPSA) is 86.8 Å². The average Bonchev–Trinajstić information content (AvgIpc) is 2.37. The van der Waals surface area contributed by atoms with Crippen LogP contribution in [0.4, 0.5) is 11.5 Å². The minimum absolute atomic E-state index is 0.329. The highest BCUT2D eigenvalue weighted by atomic mass is 16.3. The zero-order valence-electron chi connectivity index (χ0n) is 10.7. The number of aryl methyl sites for hydroxylation is 1. The molecule has 98 valence electrons. The number of aliphatic hydroxyl groups is 1. The largest absolute Gasteiger partial charge is 0.367 e. The van der Waals surface area contributed by atoms with E-state index in [4.69, 9.17) is 5.84 Å². The van der Waals surface area contributed by atoms with Crippen molar-refractivity contribution >= 4 is 17.3 Å². The Hall–Kier alpha value is -1.66. The Balaban J connectivity index is 2.40. The number of nitrogens with two attached hydrogens (primary N) is 1. The Morgan fingerprint density at radius 1 is 1.56 bits per heavy atom. The first kappa shape index (κ1) is 12.8. The van der Waals surface area contributed by atoms with Crippen molar-refractivity contribution < 1.29 is 5.11 Å². The van der Waals surface area contributed by atoms with E-state index in [1.165, 1.54) is 0 Å². The second-order valence-corrected chi connectivity index (χ2v) is 4.42. The van der Waals surface area contributed by atoms with E-state index in [9.17, 15) is 5.11 Å². The zero-order valence-corrected chi connectivity index (χ0v) is 10.7. The summed E-state index contributed by atoms with van der Waals surface area (Å²) in [5.74, 6) is 6.30. The van der Waals surface area contributed by atoms with Gasteiger partial charge in [-0.1, -0.05) is 13.3 Å². The van der Waals surface area contributed by atoms with Crippen molar-refractivity contribution in [3.8, 4) is 0 Å². The van der Waals surface area contributed by atoms with Gasteiger partial charge in [0.25, 0.3) is 0 Å². The van der Waals surface area contributed by atoms with Crippen LogP contribution in [0, 0.1) is 6.92 Å². The minimum atomic E-state index is -0.836. The van der Waals surface area contributed by atoms with Gasteiger partial charge in [0.05, 0.1) is 5.69 Å². The number of amidine groups is 1. The van der Waals surface area contributed by atoms with Gasteiger partial charge in [-0.05, 0) is 25.0 Å². The number of hydrazine groups is 1. The van der Waals surface area contributed by atoms with Crippen molar-refractivity contribution in [1.82, 2.24) is 10.4 Å². The first-order chi connectivity index (χ1) is 8.67. The fourth-order valence-corrected chi connectivity index (χ4v) is 1.97. The summed E-state index contributed by atoms with van der Waals surface area (Å²) < 4.78 is 0. The molecule has 0 saturated heterocycles. The van der Waals surface area contributed by atoms with Crippen LogP contribution in [0.25, 0.3) is 0 Å². The maximum Gasteiger partial charge on any atom is 0.187 e. The second-order valence-electron chi connectivity index (χ2n) is 4.42. The molecule has 0 saturated carbocycles. The molecule has 0 fully saturated rings. The molecule has 1 aromatic rings. The molecule has 1 aromatic heterocycles. The van der Waals surface area contributed by atoms with Crippen LogP contribution in [0.2, 0.25) is 0 Å². The van der Waals surface area contributed by atoms with Crippen molar-refractivity contribution in [3.63, 3.8) is 0 Å². The van der Waals surface area contributed by atoms with Crippen molar-refractivity contribution in [2.24, 2.45) is 10.8 Å². The van der Waals surface area contributed by atoms with E-state index in [1.54, 1.807) is 6.20 Å². The molecule has 0 bridgehead atoms. The van der Waals surface area contributed by atoms with Crippen LogP contribution in [-0.2, 0) is 0 Å². The lowest BCUT2D eigenvalue weighted by atomic mass is 10.2. The van der Waals surface area contributed by atoms with Gasteiger partial charge in [0.1, 0.15) is 0 Å². The molecular weight excluding hydrogens is 230 g/mol. The fraction of sp³-hybridized carbons (Fsp3) is 0.500. The third-order valence-corrected chi connectivity index (χ3v) is 2.96. The third kappa shape index (κ3) is 2.30. The van der Waals surface area contributed by atoms with Gasteiger partial charge < -0.3 is 15.4 Å². The molecule has 2 heterocycles. The Morgan fingerprint density at radius 2 is 2.33 bits per heavy atom. The molecule has 6 nitrogen and oxygen atoms in total. The van der Waals surface area contributed by atoms with Crippen LogP contribution >= 0.6 is 0 Å². The number of aliphatic hydroxyl groups excluding tert-OH is 1. The predicted octanol–water partition coefficient (Wildman–Crippen LogP) is 0.822. The van der Waals surface area contributed by atoms with Gasteiger partial charge >= 0.3 is 0 Å². The number of hydrogen-bond acceptors (Lipinski definition) is 6. The SMILES string of the molecule is CCCCN1c2cc(C)cnc2N=C(NN)C1O. The molecule has 0 aliphatic carbocycles. The smallest absolute Gasteiger partial charge is 0.187 e. The summed E-state index contributed by atoms with van der Waals surface area (Å²) in [6.07, 6.45) is 2.96. The van der Waals surface area contributed by atoms with Crippen molar-refractivity contribution in [3.05, 3.63) is 17.8 Å². The molecule has 0 spiro atoms. The number of aromatic nitrogens is 1. The van der Waals surface area contributed by atoms with Crippen LogP contribution in [0.1, 0.15) is 25.3 Å². The number of nitrogens with one attached hydrogen (secondary N) is 1. The summed E-state index contributed by atoms with van der Waals surface area (Å²) in [6.45, 7) is 4.83. The van der Waals surface area contributed by atoms with Crippen molar-refractivity contribution in [2.45, 2.75) is 32.9 Å². The van der Waals surface area contributed by atoms with Gasteiger partial charge in [-0.15, -0.1) is 0 Å². The molecule has 2 rings (SSSR count). The zero-order chi connectivity index (χ0) is 13.1.